The number of benzene rings is 1. The molecule has 0 atom stereocenters. The molecule has 0 aliphatic heterocycles. The normalized spacial score (nSPS) is 11.0. The van der Waals surface area contributed by atoms with Gasteiger partial charge in [0.05, 0.1) is 36.1 Å². The number of aryl methyl sites for hydroxylation is 2. The lowest BCUT2D eigenvalue weighted by atomic mass is 9.99. The van der Waals surface area contributed by atoms with Crippen LogP contribution in [-0.2, 0) is 6.54 Å². The van der Waals surface area contributed by atoms with Gasteiger partial charge < -0.3 is 19.1 Å². The number of amides is 1. The van der Waals surface area contributed by atoms with E-state index in [4.69, 9.17) is 9.26 Å². The number of ether oxygens (including phenoxy) is 1. The lowest BCUT2D eigenvalue weighted by Gasteiger charge is -2.16. The van der Waals surface area contributed by atoms with Crippen LogP contribution >= 0.6 is 0 Å². The van der Waals surface area contributed by atoms with Gasteiger partial charge in [0.15, 0.2) is 0 Å². The first-order valence-electron chi connectivity index (χ1n) is 11.3. The number of hydrogen-bond acceptors (Lipinski definition) is 7. The van der Waals surface area contributed by atoms with E-state index in [2.05, 4.69) is 20.4 Å². The van der Waals surface area contributed by atoms with Crippen molar-refractivity contribution in [1.82, 2.24) is 19.7 Å². The quantitative estimate of drug-likeness (QED) is 0.383. The van der Waals surface area contributed by atoms with E-state index in [9.17, 15) is 9.59 Å². The molecule has 0 saturated heterocycles. The predicted octanol–water partition coefficient (Wildman–Crippen LogP) is 4.37. The van der Waals surface area contributed by atoms with Crippen LogP contribution in [0.25, 0.3) is 22.0 Å². The molecule has 5 aromatic rings. The largest absolute Gasteiger partial charge is 0.496 e. The summed E-state index contributed by atoms with van der Waals surface area (Å²) in [6.07, 6.45) is 3.23. The van der Waals surface area contributed by atoms with E-state index in [1.807, 2.05) is 32.0 Å². The average molecular weight is 482 g/mol. The van der Waals surface area contributed by atoms with Crippen LogP contribution in [0.2, 0.25) is 0 Å². The molecule has 180 valence electrons. The van der Waals surface area contributed by atoms with Crippen LogP contribution in [0.5, 0.6) is 5.75 Å². The summed E-state index contributed by atoms with van der Waals surface area (Å²) in [7, 11) is 1.57. The molecule has 9 heteroatoms. The highest BCUT2D eigenvalue weighted by Crippen LogP contribution is 2.37. The molecule has 9 nitrogen and oxygen atoms in total. The van der Waals surface area contributed by atoms with Gasteiger partial charge in [-0.3, -0.25) is 14.6 Å². The predicted molar refractivity (Wildman–Crippen MR) is 135 cm³/mol. The molecule has 4 aromatic heterocycles. The minimum atomic E-state index is -0.551. The van der Waals surface area contributed by atoms with Crippen LogP contribution in [0.1, 0.15) is 27.5 Å². The SMILES string of the molecule is COc1cc2c(cc1-c1c(C)noc1C)cc(C(=O)Nc1ccccn1)c(=O)n2Cc1ccccn1. The van der Waals surface area contributed by atoms with Crippen molar-refractivity contribution in [2.24, 2.45) is 0 Å². The molecular formula is C27H23N5O4. The van der Waals surface area contributed by atoms with Crippen LogP contribution < -0.4 is 15.6 Å². The number of aromatic nitrogens is 4. The molecule has 4 heterocycles. The summed E-state index contributed by atoms with van der Waals surface area (Å²) >= 11 is 0. The van der Waals surface area contributed by atoms with Crippen LogP contribution in [-0.4, -0.2) is 32.7 Å². The molecule has 0 aliphatic rings. The van der Waals surface area contributed by atoms with Crippen LogP contribution in [0.3, 0.4) is 0 Å². The molecular weight excluding hydrogens is 458 g/mol. The smallest absolute Gasteiger partial charge is 0.264 e. The highest BCUT2D eigenvalue weighted by molar-refractivity contribution is 6.05. The van der Waals surface area contributed by atoms with E-state index in [-0.39, 0.29) is 12.1 Å². The summed E-state index contributed by atoms with van der Waals surface area (Å²) in [6.45, 7) is 3.85. The van der Waals surface area contributed by atoms with Gasteiger partial charge in [0.2, 0.25) is 0 Å². The third-order valence-corrected chi connectivity index (χ3v) is 5.92. The Hall–Kier alpha value is -4.79. The number of pyridine rings is 3. The molecule has 0 saturated carbocycles. The molecule has 0 fully saturated rings. The molecule has 1 aromatic carbocycles. The van der Waals surface area contributed by atoms with Crippen LogP contribution in [0.15, 0.2) is 76.3 Å². The molecule has 1 amide bonds. The topological polar surface area (TPSA) is 112 Å². The van der Waals surface area contributed by atoms with Crippen molar-refractivity contribution in [3.63, 3.8) is 0 Å². The maximum atomic E-state index is 13.6. The van der Waals surface area contributed by atoms with E-state index < -0.39 is 11.5 Å². The fourth-order valence-electron chi connectivity index (χ4n) is 4.23. The zero-order chi connectivity index (χ0) is 25.2. The Balaban J connectivity index is 1.74. The van der Waals surface area contributed by atoms with Gasteiger partial charge in [-0.05, 0) is 50.2 Å². The summed E-state index contributed by atoms with van der Waals surface area (Å²) in [6, 6.07) is 15.9. The molecule has 0 aliphatic carbocycles. The number of rotatable bonds is 6. The number of carbonyl (C=O) groups excluding carboxylic acids is 1. The summed E-state index contributed by atoms with van der Waals surface area (Å²) < 4.78 is 12.6. The van der Waals surface area contributed by atoms with Crippen molar-refractivity contribution in [2.75, 3.05) is 12.4 Å². The molecule has 36 heavy (non-hydrogen) atoms. The Kier molecular flexibility index (Phi) is 6.03. The van der Waals surface area contributed by atoms with Crippen molar-refractivity contribution >= 4 is 22.6 Å². The zero-order valence-corrected chi connectivity index (χ0v) is 20.0. The van der Waals surface area contributed by atoms with Crippen LogP contribution in [0.4, 0.5) is 5.82 Å². The van der Waals surface area contributed by atoms with Gasteiger partial charge in [0, 0.05) is 29.4 Å². The molecule has 0 unspecified atom stereocenters. The van der Waals surface area contributed by atoms with E-state index in [1.165, 1.54) is 4.57 Å². The average Bonchev–Trinajstić information content (AvgIpc) is 3.23. The maximum Gasteiger partial charge on any atom is 0.264 e. The molecule has 0 bridgehead atoms. The van der Waals surface area contributed by atoms with E-state index >= 15 is 0 Å². The van der Waals surface area contributed by atoms with E-state index in [0.29, 0.717) is 39.6 Å². The third-order valence-electron chi connectivity index (χ3n) is 5.92. The second-order valence-corrected chi connectivity index (χ2v) is 8.25. The van der Waals surface area contributed by atoms with E-state index in [1.54, 1.807) is 55.9 Å². The van der Waals surface area contributed by atoms with Crippen LogP contribution in [0, 0.1) is 13.8 Å². The fraction of sp³-hybridized carbons (Fsp3) is 0.148. The van der Waals surface area contributed by atoms with Gasteiger partial charge in [-0.2, -0.15) is 0 Å². The van der Waals surface area contributed by atoms with Crippen molar-refractivity contribution in [3.8, 4) is 16.9 Å². The molecule has 5 rings (SSSR count). The van der Waals surface area contributed by atoms with Crippen molar-refractivity contribution in [3.05, 3.63) is 100 Å². The van der Waals surface area contributed by atoms with Gasteiger partial charge >= 0.3 is 0 Å². The van der Waals surface area contributed by atoms with E-state index in [0.717, 1.165) is 11.1 Å². The molecule has 1 N–H and O–H groups in total. The summed E-state index contributed by atoms with van der Waals surface area (Å²) in [4.78, 5) is 35.3. The highest BCUT2D eigenvalue weighted by Gasteiger charge is 2.21. The zero-order valence-electron chi connectivity index (χ0n) is 20.0. The first kappa shape index (κ1) is 23.0. The highest BCUT2D eigenvalue weighted by atomic mass is 16.5. The number of methoxy groups -OCH3 is 1. The lowest BCUT2D eigenvalue weighted by Crippen LogP contribution is -2.30. The Morgan fingerprint density at radius 3 is 2.47 bits per heavy atom. The van der Waals surface area contributed by atoms with Gasteiger partial charge in [-0.1, -0.05) is 17.3 Å². The van der Waals surface area contributed by atoms with Crippen molar-refractivity contribution in [1.29, 1.82) is 0 Å². The monoisotopic (exact) mass is 481 g/mol. The minimum Gasteiger partial charge on any atom is -0.496 e. The minimum absolute atomic E-state index is 0.0148. The number of nitrogens with one attached hydrogen (secondary N) is 1. The first-order valence-corrected chi connectivity index (χ1v) is 11.3. The number of nitrogens with zero attached hydrogens (tertiary/aromatic N) is 4. The maximum absolute atomic E-state index is 13.6. The second kappa shape index (κ2) is 9.46. The van der Waals surface area contributed by atoms with Gasteiger partial charge in [-0.25, -0.2) is 4.98 Å². The summed E-state index contributed by atoms with van der Waals surface area (Å²) in [5, 5.41) is 7.45. The second-order valence-electron chi connectivity index (χ2n) is 8.25. The molecule has 0 spiro atoms. The number of fused-ring (bicyclic) bond motifs is 1. The van der Waals surface area contributed by atoms with Gasteiger partial charge in [0.1, 0.15) is 22.9 Å². The van der Waals surface area contributed by atoms with Gasteiger partial charge in [-0.15, -0.1) is 0 Å². The number of hydrogen-bond donors (Lipinski definition) is 1. The third kappa shape index (κ3) is 4.22. The summed E-state index contributed by atoms with van der Waals surface area (Å²) in [5.74, 6) is 0.992. The first-order chi connectivity index (χ1) is 17.5. The Labute approximate surface area is 206 Å². The summed E-state index contributed by atoms with van der Waals surface area (Å²) in [5.41, 5.74) is 3.08. The fourth-order valence-corrected chi connectivity index (χ4v) is 4.23. The number of carbonyl (C=O) groups is 1. The van der Waals surface area contributed by atoms with Gasteiger partial charge in [0.25, 0.3) is 11.5 Å². The Bertz CT molecular complexity index is 1610. The van der Waals surface area contributed by atoms with Crippen molar-refractivity contribution < 1.29 is 14.1 Å². The lowest BCUT2D eigenvalue weighted by molar-refractivity contribution is 0.102. The molecule has 0 radical (unpaired) electrons. The number of anilines is 1. The Morgan fingerprint density at radius 2 is 1.83 bits per heavy atom. The Morgan fingerprint density at radius 1 is 1.06 bits per heavy atom. The van der Waals surface area contributed by atoms with Crippen molar-refractivity contribution in [2.45, 2.75) is 20.4 Å². The standard InChI is InChI=1S/C27H23N5O4/c1-16-25(17(2)36-31-16)20-12-18-13-21(26(33)30-24-9-5-7-11-29-24)27(34)32(22(18)14-23(20)35-3)15-19-8-4-6-10-28-19/h4-14H,15H2,1-3H3,(H,29,30,33).